The van der Waals surface area contributed by atoms with Crippen LogP contribution in [0, 0.1) is 0 Å². The van der Waals surface area contributed by atoms with E-state index in [9.17, 15) is 13.2 Å². The molecule has 0 saturated carbocycles. The summed E-state index contributed by atoms with van der Waals surface area (Å²) in [6.45, 7) is 0.436. The van der Waals surface area contributed by atoms with Crippen molar-refractivity contribution >= 4 is 5.82 Å². The number of pyridine rings is 1. The Hall–Kier alpha value is -2.84. The van der Waals surface area contributed by atoms with E-state index in [4.69, 9.17) is 0 Å². The van der Waals surface area contributed by atoms with Crippen molar-refractivity contribution in [3.63, 3.8) is 0 Å². The third-order valence-corrected chi connectivity index (χ3v) is 2.92. The third kappa shape index (κ3) is 2.92. The highest BCUT2D eigenvalue weighted by molar-refractivity contribution is 5.39. The van der Waals surface area contributed by atoms with Gasteiger partial charge in [-0.1, -0.05) is 0 Å². The molecule has 0 aliphatic rings. The average Bonchev–Trinajstić information content (AvgIpc) is 3.16. The number of hydrogen-bond acceptors (Lipinski definition) is 4. The molecule has 0 bridgehead atoms. The fourth-order valence-electron chi connectivity index (χ4n) is 1.91. The van der Waals surface area contributed by atoms with Gasteiger partial charge in [0.15, 0.2) is 5.82 Å². The van der Waals surface area contributed by atoms with Crippen molar-refractivity contribution in [2.75, 3.05) is 5.32 Å². The fourth-order valence-corrected chi connectivity index (χ4v) is 1.91. The van der Waals surface area contributed by atoms with Crippen molar-refractivity contribution < 1.29 is 13.2 Å². The third-order valence-electron chi connectivity index (χ3n) is 2.92. The summed E-state index contributed by atoms with van der Waals surface area (Å²) in [4.78, 5) is 3.78. The molecule has 2 N–H and O–H groups in total. The first-order chi connectivity index (χ1) is 10.5. The summed E-state index contributed by atoms with van der Waals surface area (Å²) < 4.78 is 40.0. The van der Waals surface area contributed by atoms with Gasteiger partial charge in [-0.2, -0.15) is 18.3 Å². The maximum atomic E-state index is 13.0. The first-order valence-corrected chi connectivity index (χ1v) is 6.34. The molecule has 0 aliphatic carbocycles. The van der Waals surface area contributed by atoms with Crippen LogP contribution >= 0.6 is 0 Å². The maximum Gasteiger partial charge on any atom is 0.420 e. The van der Waals surface area contributed by atoms with Gasteiger partial charge < -0.3 is 5.32 Å². The second-order valence-corrected chi connectivity index (χ2v) is 4.45. The van der Waals surface area contributed by atoms with Crippen LogP contribution in [-0.2, 0) is 12.7 Å². The van der Waals surface area contributed by atoms with Gasteiger partial charge in [-0.25, -0.2) is 9.67 Å². The van der Waals surface area contributed by atoms with E-state index in [2.05, 4.69) is 25.6 Å². The number of anilines is 1. The predicted octanol–water partition coefficient (Wildman–Crippen LogP) is 2.62. The van der Waals surface area contributed by atoms with Crippen molar-refractivity contribution in [2.45, 2.75) is 12.7 Å². The minimum absolute atomic E-state index is 0.260. The molecule has 3 aromatic heterocycles. The molecule has 114 valence electrons. The van der Waals surface area contributed by atoms with Crippen LogP contribution in [0.3, 0.4) is 0 Å². The zero-order valence-corrected chi connectivity index (χ0v) is 11.2. The molecule has 3 heterocycles. The molecule has 0 spiro atoms. The SMILES string of the molecule is FC(F)(F)c1cccnc1-n1ccc(NCc2ccn[nH]2)n1. The van der Waals surface area contributed by atoms with Crippen LogP contribution in [0.2, 0.25) is 0 Å². The molecule has 6 nitrogen and oxygen atoms in total. The summed E-state index contributed by atoms with van der Waals surface area (Å²) in [5, 5.41) is 13.6. The van der Waals surface area contributed by atoms with Crippen LogP contribution in [0.1, 0.15) is 11.3 Å². The summed E-state index contributed by atoms with van der Waals surface area (Å²) in [6, 6.07) is 5.57. The van der Waals surface area contributed by atoms with Crippen LogP contribution in [0.25, 0.3) is 5.82 Å². The van der Waals surface area contributed by atoms with Gasteiger partial charge in [-0.15, -0.1) is 5.10 Å². The Morgan fingerprint density at radius 3 is 2.77 bits per heavy atom. The number of halogens is 3. The Morgan fingerprint density at radius 1 is 1.18 bits per heavy atom. The van der Waals surface area contributed by atoms with Gasteiger partial charge in [0.05, 0.1) is 12.2 Å². The number of alkyl halides is 3. The smallest absolute Gasteiger partial charge is 0.363 e. The Bertz CT molecular complexity index is 747. The lowest BCUT2D eigenvalue weighted by molar-refractivity contribution is -0.137. The minimum Gasteiger partial charge on any atom is -0.363 e. The normalized spacial score (nSPS) is 11.6. The number of rotatable bonds is 4. The van der Waals surface area contributed by atoms with Gasteiger partial charge in [0.25, 0.3) is 0 Å². The Morgan fingerprint density at radius 2 is 2.05 bits per heavy atom. The predicted molar refractivity (Wildman–Crippen MR) is 72.3 cm³/mol. The van der Waals surface area contributed by atoms with Gasteiger partial charge in [0.1, 0.15) is 11.4 Å². The average molecular weight is 308 g/mol. The van der Waals surface area contributed by atoms with Crippen molar-refractivity contribution in [1.82, 2.24) is 25.0 Å². The van der Waals surface area contributed by atoms with E-state index in [1.54, 1.807) is 18.3 Å². The quantitative estimate of drug-likeness (QED) is 0.777. The summed E-state index contributed by atoms with van der Waals surface area (Å²) in [5.41, 5.74) is 0.00147. The van der Waals surface area contributed by atoms with Gasteiger partial charge in [0, 0.05) is 24.7 Å². The molecule has 0 radical (unpaired) electrons. The number of hydrogen-bond donors (Lipinski definition) is 2. The molecule has 22 heavy (non-hydrogen) atoms. The zero-order chi connectivity index (χ0) is 15.6. The van der Waals surface area contributed by atoms with E-state index < -0.39 is 11.7 Å². The molecule has 0 fully saturated rings. The molecular formula is C13H11F3N6. The van der Waals surface area contributed by atoms with Crippen LogP contribution in [0.4, 0.5) is 19.0 Å². The number of nitrogens with one attached hydrogen (secondary N) is 2. The summed E-state index contributed by atoms with van der Waals surface area (Å²) >= 11 is 0. The monoisotopic (exact) mass is 308 g/mol. The highest BCUT2D eigenvalue weighted by atomic mass is 19.4. The lowest BCUT2D eigenvalue weighted by Gasteiger charge is -2.11. The molecule has 0 aromatic carbocycles. The summed E-state index contributed by atoms with van der Waals surface area (Å²) in [7, 11) is 0. The molecule has 9 heteroatoms. The van der Waals surface area contributed by atoms with Gasteiger partial charge in [0.2, 0.25) is 0 Å². The van der Waals surface area contributed by atoms with E-state index in [1.807, 2.05) is 0 Å². The second kappa shape index (κ2) is 5.51. The fraction of sp³-hybridized carbons (Fsp3) is 0.154. The largest absolute Gasteiger partial charge is 0.420 e. The highest BCUT2D eigenvalue weighted by Gasteiger charge is 2.34. The van der Waals surface area contributed by atoms with E-state index >= 15 is 0 Å². The summed E-state index contributed by atoms with van der Waals surface area (Å²) in [5.74, 6) is 0.179. The van der Waals surface area contributed by atoms with Gasteiger partial charge in [-0.05, 0) is 18.2 Å². The van der Waals surface area contributed by atoms with E-state index in [-0.39, 0.29) is 5.82 Å². The van der Waals surface area contributed by atoms with E-state index in [1.165, 1.54) is 18.5 Å². The molecule has 0 amide bonds. The molecular weight excluding hydrogens is 297 g/mol. The van der Waals surface area contributed by atoms with Gasteiger partial charge >= 0.3 is 6.18 Å². The van der Waals surface area contributed by atoms with E-state index in [0.29, 0.717) is 12.4 Å². The minimum atomic E-state index is -4.49. The molecule has 3 rings (SSSR count). The lowest BCUT2D eigenvalue weighted by Crippen LogP contribution is -2.13. The Kier molecular flexibility index (Phi) is 3.53. The van der Waals surface area contributed by atoms with E-state index in [0.717, 1.165) is 16.4 Å². The van der Waals surface area contributed by atoms with Crippen LogP contribution in [0.15, 0.2) is 42.9 Å². The molecule has 3 aromatic rings. The number of aromatic nitrogens is 5. The topological polar surface area (TPSA) is 71.4 Å². The second-order valence-electron chi connectivity index (χ2n) is 4.45. The number of H-pyrrole nitrogens is 1. The van der Waals surface area contributed by atoms with Crippen molar-refractivity contribution in [3.05, 3.63) is 54.1 Å². The Labute approximate surface area is 123 Å². The highest BCUT2D eigenvalue weighted by Crippen LogP contribution is 2.32. The van der Waals surface area contributed by atoms with Crippen molar-refractivity contribution in [2.24, 2.45) is 0 Å². The molecule has 0 aliphatic heterocycles. The van der Waals surface area contributed by atoms with Crippen LogP contribution < -0.4 is 5.32 Å². The van der Waals surface area contributed by atoms with Gasteiger partial charge in [-0.3, -0.25) is 5.10 Å². The maximum absolute atomic E-state index is 13.0. The lowest BCUT2D eigenvalue weighted by atomic mass is 10.2. The van der Waals surface area contributed by atoms with Crippen LogP contribution in [0.5, 0.6) is 0 Å². The first-order valence-electron chi connectivity index (χ1n) is 6.34. The molecule has 0 atom stereocenters. The number of nitrogens with zero attached hydrogens (tertiary/aromatic N) is 4. The standard InChI is InChI=1S/C13H11F3N6/c14-13(15,16)10-2-1-5-17-12(10)22-7-4-11(21-22)18-8-9-3-6-19-20-9/h1-7H,8H2,(H,18,21)(H,19,20). The first kappa shape index (κ1) is 14.1. The van der Waals surface area contributed by atoms with Crippen molar-refractivity contribution in [1.29, 1.82) is 0 Å². The zero-order valence-electron chi connectivity index (χ0n) is 11.2. The molecule has 0 saturated heterocycles. The Balaban J connectivity index is 1.82. The summed E-state index contributed by atoms with van der Waals surface area (Å²) in [6.07, 6.45) is -0.158. The van der Waals surface area contributed by atoms with Crippen LogP contribution in [-0.4, -0.2) is 25.0 Å². The van der Waals surface area contributed by atoms with Crippen molar-refractivity contribution in [3.8, 4) is 5.82 Å². The number of aromatic amines is 1. The molecule has 0 unspecified atom stereocenters.